The molecule has 5 heteroatoms. The minimum Gasteiger partial charge on any atom is -0.453 e. The molecule has 9 aromatic carbocycles. The summed E-state index contributed by atoms with van der Waals surface area (Å²) in [6, 6.07) is 75.8. The summed E-state index contributed by atoms with van der Waals surface area (Å²) in [5.41, 5.74) is 15.4. The first kappa shape index (κ1) is 41.0. The Bertz CT molecular complexity index is 3090. The van der Waals surface area contributed by atoms with Crippen LogP contribution in [0.4, 0.5) is 17.1 Å². The number of nitrogens with zero attached hydrogens (tertiary/aromatic N) is 1. The van der Waals surface area contributed by atoms with Gasteiger partial charge in [0, 0.05) is 5.69 Å². The average molecular weight is 872 g/mol. The summed E-state index contributed by atoms with van der Waals surface area (Å²) in [7, 11) is -3.85. The van der Waals surface area contributed by atoms with Gasteiger partial charge in [0.25, 0.3) is 0 Å². The van der Waals surface area contributed by atoms with Crippen molar-refractivity contribution in [3.63, 3.8) is 0 Å². The van der Waals surface area contributed by atoms with E-state index in [9.17, 15) is 0 Å². The Hall–Kier alpha value is -6.71. The zero-order chi connectivity index (χ0) is 44.4. The van der Waals surface area contributed by atoms with Crippen LogP contribution in [-0.4, -0.2) is 14.8 Å². The van der Waals surface area contributed by atoms with Gasteiger partial charge in [-0.2, -0.15) is 0 Å². The lowest BCUT2D eigenvalue weighted by atomic mass is 9.34. The molecule has 0 bridgehead atoms. The molecule has 0 saturated heterocycles. The highest BCUT2D eigenvalue weighted by molar-refractivity contribution is 7.81. The normalized spacial score (nSPS) is 14.4. The van der Waals surface area contributed by atoms with E-state index in [1.165, 1.54) is 86.4 Å². The number of hydrogen-bond donors (Lipinski definition) is 0. The Balaban J connectivity index is 1.19. The van der Waals surface area contributed by atoms with Crippen LogP contribution in [0.2, 0.25) is 0 Å². The first-order chi connectivity index (χ1) is 31.7. The highest BCUT2D eigenvalue weighted by atomic mass is 31.1. The van der Waals surface area contributed by atoms with Crippen LogP contribution in [-0.2, 0) is 0 Å². The number of hydrogen-bond acceptors (Lipinski definition) is 2. The SMILES string of the molecule is Cc1cc(C)c(B(c2ccc3c(c2)P(c2ccc(N4c5ccccc5Oc5ccccc54)cc2)c2ccccc2[Si]3(c2ccccc2)c2ccccc2)c2c(C)cc(C)cc2C)c(C)c1. The summed E-state index contributed by atoms with van der Waals surface area (Å²) in [5.74, 6) is 1.72. The minimum atomic E-state index is -2.85. The topological polar surface area (TPSA) is 12.5 Å². The monoisotopic (exact) mass is 871 g/mol. The average Bonchev–Trinajstić information content (AvgIpc) is 3.32. The quantitative estimate of drug-likeness (QED) is 0.117. The predicted octanol–water partition coefficient (Wildman–Crippen LogP) is 9.08. The Kier molecular flexibility index (Phi) is 10.3. The maximum Gasteiger partial charge on any atom is 0.242 e. The Morgan fingerprint density at radius 3 is 1.43 bits per heavy atom. The second kappa shape index (κ2) is 16.4. The van der Waals surface area contributed by atoms with Crippen LogP contribution in [0.15, 0.2) is 200 Å². The van der Waals surface area contributed by atoms with Crippen LogP contribution >= 0.6 is 7.92 Å². The fraction of sp³-hybridized carbons (Fsp3) is 0.100. The molecule has 11 rings (SSSR count). The molecule has 0 aromatic heterocycles. The molecule has 2 nitrogen and oxygen atoms in total. The van der Waals surface area contributed by atoms with Gasteiger partial charge in [-0.05, 0) is 123 Å². The standard InChI is InChI=1S/C60H51BNOPSi/c1-40-35-42(3)59(43(4)36-40)61(60-44(5)37-41(2)38-45(60)6)46-29-34-58-56(39-46)64(55-27-17-18-28-57(55)65(58,49-19-9-7-10-20-49)50-21-11-8-12-22-50)48-32-30-47(31-33-48)62-51-23-13-15-25-53(51)63-54-26-16-14-24-52(54)62/h7-39H,1-6H3. The van der Waals surface area contributed by atoms with Crippen molar-refractivity contribution in [2.75, 3.05) is 4.90 Å². The van der Waals surface area contributed by atoms with E-state index in [1.807, 2.05) is 12.1 Å². The number of anilines is 3. The number of rotatable bonds is 7. The predicted molar refractivity (Wildman–Crippen MR) is 283 cm³/mol. The van der Waals surface area contributed by atoms with Crippen molar-refractivity contribution in [1.82, 2.24) is 0 Å². The van der Waals surface area contributed by atoms with Crippen molar-refractivity contribution in [2.45, 2.75) is 41.5 Å². The summed E-state index contributed by atoms with van der Waals surface area (Å²) in [6.07, 6.45) is 0. The van der Waals surface area contributed by atoms with Gasteiger partial charge in [0.05, 0.1) is 11.4 Å². The molecule has 2 heterocycles. The van der Waals surface area contributed by atoms with Gasteiger partial charge < -0.3 is 9.64 Å². The van der Waals surface area contributed by atoms with Gasteiger partial charge in [0.15, 0.2) is 19.6 Å². The van der Waals surface area contributed by atoms with E-state index in [2.05, 4.69) is 234 Å². The van der Waals surface area contributed by atoms with Crippen molar-refractivity contribution >= 4 is 92.8 Å². The molecule has 1 atom stereocenters. The summed E-state index contributed by atoms with van der Waals surface area (Å²) >= 11 is 0. The van der Waals surface area contributed by atoms with Crippen LogP contribution in [0.5, 0.6) is 11.5 Å². The Morgan fingerprint density at radius 2 is 0.892 bits per heavy atom. The third-order valence-electron chi connectivity index (χ3n) is 13.8. The molecule has 9 aromatic rings. The van der Waals surface area contributed by atoms with Crippen LogP contribution in [0.25, 0.3) is 0 Å². The van der Waals surface area contributed by atoms with Crippen LogP contribution in [0.3, 0.4) is 0 Å². The highest BCUT2D eigenvalue weighted by Crippen LogP contribution is 2.50. The molecule has 0 amide bonds. The van der Waals surface area contributed by atoms with Crippen molar-refractivity contribution in [1.29, 1.82) is 0 Å². The lowest BCUT2D eigenvalue weighted by molar-refractivity contribution is 0.477. The lowest BCUT2D eigenvalue weighted by Gasteiger charge is -2.44. The van der Waals surface area contributed by atoms with E-state index in [4.69, 9.17) is 4.74 Å². The van der Waals surface area contributed by atoms with Gasteiger partial charge in [-0.15, -0.1) is 0 Å². The van der Waals surface area contributed by atoms with E-state index in [0.29, 0.717) is 0 Å². The molecule has 0 saturated carbocycles. The molecule has 0 radical (unpaired) electrons. The Morgan fingerprint density at radius 1 is 0.431 bits per heavy atom. The lowest BCUT2D eigenvalue weighted by Crippen LogP contribution is -2.81. The molecule has 65 heavy (non-hydrogen) atoms. The first-order valence-electron chi connectivity index (χ1n) is 22.8. The van der Waals surface area contributed by atoms with E-state index in [0.717, 1.165) is 28.6 Å². The third-order valence-corrected chi connectivity index (χ3v) is 21.7. The van der Waals surface area contributed by atoms with Gasteiger partial charge >= 0.3 is 0 Å². The van der Waals surface area contributed by atoms with E-state index < -0.39 is 16.0 Å². The van der Waals surface area contributed by atoms with Gasteiger partial charge in [0.2, 0.25) is 6.71 Å². The summed E-state index contributed by atoms with van der Waals surface area (Å²) in [4.78, 5) is 2.35. The van der Waals surface area contributed by atoms with Crippen molar-refractivity contribution in [3.05, 3.63) is 234 Å². The summed E-state index contributed by atoms with van der Waals surface area (Å²) in [6.45, 7) is 13.8. The highest BCUT2D eigenvalue weighted by Gasteiger charge is 2.49. The third kappa shape index (κ3) is 6.73. The number of benzene rings is 9. The second-order valence-electron chi connectivity index (χ2n) is 18.1. The van der Waals surface area contributed by atoms with Gasteiger partial charge in [-0.25, -0.2) is 0 Å². The fourth-order valence-corrected chi connectivity index (χ4v) is 20.4. The van der Waals surface area contributed by atoms with Gasteiger partial charge in [0.1, 0.15) is 0 Å². The first-order valence-corrected chi connectivity index (χ1v) is 26.1. The van der Waals surface area contributed by atoms with Gasteiger partial charge in [-0.3, -0.25) is 0 Å². The van der Waals surface area contributed by atoms with Crippen molar-refractivity contribution < 1.29 is 4.74 Å². The molecule has 2 aliphatic heterocycles. The van der Waals surface area contributed by atoms with Gasteiger partial charge in [-0.1, -0.05) is 214 Å². The molecule has 0 fully saturated rings. The smallest absolute Gasteiger partial charge is 0.242 e. The summed E-state index contributed by atoms with van der Waals surface area (Å²) < 4.78 is 6.42. The molecule has 2 aliphatic rings. The molecular weight excluding hydrogens is 821 g/mol. The van der Waals surface area contributed by atoms with E-state index in [1.54, 1.807) is 0 Å². The minimum absolute atomic E-state index is 0.0591. The van der Waals surface area contributed by atoms with E-state index in [-0.39, 0.29) is 6.71 Å². The zero-order valence-corrected chi connectivity index (χ0v) is 39.8. The Labute approximate surface area is 387 Å². The molecule has 0 spiro atoms. The molecular formula is C60H51BNOPSi. The molecule has 0 aliphatic carbocycles. The zero-order valence-electron chi connectivity index (χ0n) is 37.9. The fourth-order valence-electron chi connectivity index (χ4n) is 11.4. The van der Waals surface area contributed by atoms with Crippen LogP contribution < -0.4 is 62.7 Å². The largest absolute Gasteiger partial charge is 0.453 e. The molecule has 0 N–H and O–H groups in total. The maximum atomic E-state index is 6.42. The molecule has 1 unspecified atom stereocenters. The molecule has 314 valence electrons. The number of ether oxygens (including phenoxy) is 1. The van der Waals surface area contributed by atoms with Crippen molar-refractivity contribution in [2.24, 2.45) is 0 Å². The number of para-hydroxylation sites is 4. The van der Waals surface area contributed by atoms with Crippen LogP contribution in [0.1, 0.15) is 33.4 Å². The number of aryl methyl sites for hydroxylation is 6. The van der Waals surface area contributed by atoms with Crippen molar-refractivity contribution in [3.8, 4) is 11.5 Å². The second-order valence-corrected chi connectivity index (χ2v) is 23.9. The van der Waals surface area contributed by atoms with Crippen LogP contribution in [0, 0.1) is 41.5 Å². The number of fused-ring (bicyclic) bond motifs is 4. The summed E-state index contributed by atoms with van der Waals surface area (Å²) in [5, 5.41) is 10.0. The van der Waals surface area contributed by atoms with E-state index >= 15 is 0 Å². The maximum absolute atomic E-state index is 6.42.